The first-order valence-electron chi connectivity index (χ1n) is 6.85. The summed E-state index contributed by atoms with van der Waals surface area (Å²) < 4.78 is 5.58. The summed E-state index contributed by atoms with van der Waals surface area (Å²) in [4.78, 5) is 16.0. The number of halogens is 2. The van der Waals surface area contributed by atoms with Crippen molar-refractivity contribution in [2.24, 2.45) is 0 Å². The Balaban J connectivity index is 2.65. The molecular formula is C15H18Cl2N2O3. The zero-order valence-corrected chi connectivity index (χ0v) is 13.9. The largest absolute Gasteiger partial charge is 0.479 e. The number of nitrogens with zero attached hydrogens (tertiary/aromatic N) is 1. The lowest BCUT2D eigenvalue weighted by atomic mass is 10.2. The van der Waals surface area contributed by atoms with Crippen LogP contribution in [0.1, 0.15) is 26.7 Å². The maximum absolute atomic E-state index is 12.1. The van der Waals surface area contributed by atoms with Gasteiger partial charge in [-0.15, -0.1) is 0 Å². The van der Waals surface area contributed by atoms with Crippen molar-refractivity contribution in [2.45, 2.75) is 38.8 Å². The Kier molecular flexibility index (Phi) is 8.03. The first-order valence-corrected chi connectivity index (χ1v) is 7.60. The monoisotopic (exact) mass is 344 g/mol. The van der Waals surface area contributed by atoms with Gasteiger partial charge >= 0.3 is 0 Å². The zero-order valence-electron chi connectivity index (χ0n) is 12.4. The molecular weight excluding hydrogens is 327 g/mol. The van der Waals surface area contributed by atoms with Crippen molar-refractivity contribution >= 4 is 29.1 Å². The van der Waals surface area contributed by atoms with Gasteiger partial charge in [0.2, 0.25) is 0 Å². The lowest BCUT2D eigenvalue weighted by Gasteiger charge is -2.18. The molecule has 0 fully saturated rings. The van der Waals surface area contributed by atoms with E-state index in [-0.39, 0.29) is 28.7 Å². The van der Waals surface area contributed by atoms with Crippen LogP contribution in [-0.2, 0) is 4.79 Å². The SMILES string of the molecule is CCC(Oc1cnc(Cl)c(Cl)c1)C(=O)NC(C)C#CCCO. The summed E-state index contributed by atoms with van der Waals surface area (Å²) in [5.74, 6) is 5.68. The summed E-state index contributed by atoms with van der Waals surface area (Å²) >= 11 is 11.6. The van der Waals surface area contributed by atoms with Crippen molar-refractivity contribution in [3.63, 3.8) is 0 Å². The highest BCUT2D eigenvalue weighted by molar-refractivity contribution is 6.41. The predicted octanol–water partition coefficient (Wildman–Crippen LogP) is 2.44. The molecule has 0 radical (unpaired) electrons. The van der Waals surface area contributed by atoms with E-state index < -0.39 is 6.10 Å². The van der Waals surface area contributed by atoms with Gasteiger partial charge in [-0.2, -0.15) is 0 Å². The number of pyridine rings is 1. The van der Waals surface area contributed by atoms with Gasteiger partial charge in [0.25, 0.3) is 5.91 Å². The fraction of sp³-hybridized carbons (Fsp3) is 0.467. The number of ether oxygens (including phenoxy) is 1. The van der Waals surface area contributed by atoms with Gasteiger partial charge in [0.1, 0.15) is 10.9 Å². The quantitative estimate of drug-likeness (QED) is 0.614. The van der Waals surface area contributed by atoms with Gasteiger partial charge in [-0.25, -0.2) is 4.98 Å². The molecule has 0 spiro atoms. The Bertz CT molecular complexity index is 570. The third-order valence-corrected chi connectivity index (χ3v) is 3.31. The fourth-order valence-corrected chi connectivity index (χ4v) is 1.84. The van der Waals surface area contributed by atoms with Crippen LogP contribution in [0, 0.1) is 11.8 Å². The molecule has 1 heterocycles. The predicted molar refractivity (Wildman–Crippen MR) is 86.0 cm³/mol. The number of aliphatic hydroxyl groups excluding tert-OH is 1. The van der Waals surface area contributed by atoms with E-state index in [0.29, 0.717) is 18.6 Å². The second-order valence-corrected chi connectivity index (χ2v) is 5.25. The fourth-order valence-electron chi connectivity index (χ4n) is 1.58. The Hall–Kier alpha value is -1.48. The molecule has 22 heavy (non-hydrogen) atoms. The number of carbonyl (C=O) groups is 1. The van der Waals surface area contributed by atoms with Crippen molar-refractivity contribution in [1.82, 2.24) is 10.3 Å². The summed E-state index contributed by atoms with van der Waals surface area (Å²) in [6.45, 7) is 3.59. The van der Waals surface area contributed by atoms with Crippen molar-refractivity contribution in [3.05, 3.63) is 22.4 Å². The van der Waals surface area contributed by atoms with Gasteiger partial charge < -0.3 is 15.2 Å². The van der Waals surface area contributed by atoms with Gasteiger partial charge in [0.15, 0.2) is 6.10 Å². The molecule has 1 amide bonds. The minimum atomic E-state index is -0.680. The van der Waals surface area contributed by atoms with Crippen LogP contribution < -0.4 is 10.1 Å². The Morgan fingerprint density at radius 2 is 2.27 bits per heavy atom. The number of aromatic nitrogens is 1. The van der Waals surface area contributed by atoms with Crippen LogP contribution in [0.2, 0.25) is 10.2 Å². The molecule has 0 aromatic carbocycles. The topological polar surface area (TPSA) is 71.5 Å². The molecule has 1 aromatic rings. The van der Waals surface area contributed by atoms with E-state index >= 15 is 0 Å². The van der Waals surface area contributed by atoms with E-state index in [4.69, 9.17) is 33.0 Å². The number of nitrogens with one attached hydrogen (secondary N) is 1. The van der Waals surface area contributed by atoms with Crippen LogP contribution in [0.3, 0.4) is 0 Å². The minimum absolute atomic E-state index is 0.00130. The molecule has 1 aromatic heterocycles. The molecule has 0 bridgehead atoms. The number of rotatable bonds is 6. The van der Waals surface area contributed by atoms with Crippen molar-refractivity contribution in [3.8, 4) is 17.6 Å². The molecule has 0 aliphatic heterocycles. The van der Waals surface area contributed by atoms with E-state index in [1.807, 2.05) is 6.92 Å². The summed E-state index contributed by atoms with van der Waals surface area (Å²) in [6.07, 6.45) is 1.58. The van der Waals surface area contributed by atoms with Crippen LogP contribution in [0.15, 0.2) is 12.3 Å². The second-order valence-electron chi connectivity index (χ2n) is 4.48. The van der Waals surface area contributed by atoms with Crippen molar-refractivity contribution in [2.75, 3.05) is 6.61 Å². The molecule has 0 saturated carbocycles. The molecule has 7 heteroatoms. The molecule has 5 nitrogen and oxygen atoms in total. The van der Waals surface area contributed by atoms with Crippen LogP contribution in [-0.4, -0.2) is 34.8 Å². The number of hydrogen-bond acceptors (Lipinski definition) is 4. The molecule has 0 aliphatic rings. The normalized spacial score (nSPS) is 12.8. The van der Waals surface area contributed by atoms with Crippen LogP contribution in [0.25, 0.3) is 0 Å². The average Bonchev–Trinajstić information content (AvgIpc) is 2.48. The lowest BCUT2D eigenvalue weighted by molar-refractivity contribution is -0.128. The van der Waals surface area contributed by atoms with E-state index in [1.165, 1.54) is 12.3 Å². The highest BCUT2D eigenvalue weighted by Crippen LogP contribution is 2.24. The average molecular weight is 345 g/mol. The van der Waals surface area contributed by atoms with E-state index in [1.54, 1.807) is 6.92 Å². The van der Waals surface area contributed by atoms with Gasteiger partial charge in [-0.1, -0.05) is 42.0 Å². The summed E-state index contributed by atoms with van der Waals surface area (Å²) in [5, 5.41) is 11.8. The van der Waals surface area contributed by atoms with E-state index in [2.05, 4.69) is 22.1 Å². The maximum Gasteiger partial charge on any atom is 0.262 e. The number of aliphatic hydroxyl groups is 1. The van der Waals surface area contributed by atoms with E-state index in [0.717, 1.165) is 0 Å². The van der Waals surface area contributed by atoms with Crippen molar-refractivity contribution < 1.29 is 14.6 Å². The highest BCUT2D eigenvalue weighted by atomic mass is 35.5. The van der Waals surface area contributed by atoms with Crippen molar-refractivity contribution in [1.29, 1.82) is 0 Å². The summed E-state index contributed by atoms with van der Waals surface area (Å²) in [5.41, 5.74) is 0. The number of carbonyl (C=O) groups excluding carboxylic acids is 1. The molecule has 2 atom stereocenters. The third kappa shape index (κ3) is 6.10. The van der Waals surface area contributed by atoms with Gasteiger partial charge in [0, 0.05) is 12.5 Å². The molecule has 0 saturated heterocycles. The third-order valence-electron chi connectivity index (χ3n) is 2.63. The zero-order chi connectivity index (χ0) is 16.5. The Labute approximate surface area is 140 Å². The molecule has 0 aliphatic carbocycles. The molecule has 1 rings (SSSR count). The standard InChI is InChI=1S/C15H18Cl2N2O3/c1-3-13(15(21)19-10(2)6-4-5-7-20)22-11-8-12(16)14(17)18-9-11/h8-10,13,20H,3,5,7H2,1-2H3,(H,19,21). The minimum Gasteiger partial charge on any atom is -0.479 e. The van der Waals surface area contributed by atoms with Crippen LogP contribution >= 0.6 is 23.2 Å². The molecule has 2 N–H and O–H groups in total. The molecule has 2 unspecified atom stereocenters. The van der Waals surface area contributed by atoms with Gasteiger partial charge in [-0.3, -0.25) is 4.79 Å². The number of amides is 1. The second kappa shape index (κ2) is 9.52. The van der Waals surface area contributed by atoms with Gasteiger partial charge in [0.05, 0.1) is 23.9 Å². The Morgan fingerprint density at radius 3 is 2.86 bits per heavy atom. The smallest absolute Gasteiger partial charge is 0.262 e. The number of hydrogen-bond donors (Lipinski definition) is 2. The highest BCUT2D eigenvalue weighted by Gasteiger charge is 2.20. The van der Waals surface area contributed by atoms with Crippen LogP contribution in [0.5, 0.6) is 5.75 Å². The molecule has 120 valence electrons. The maximum atomic E-state index is 12.1. The first-order chi connectivity index (χ1) is 10.5. The van der Waals surface area contributed by atoms with Crippen LogP contribution in [0.4, 0.5) is 0 Å². The first kappa shape index (κ1) is 18.6. The summed E-state index contributed by atoms with van der Waals surface area (Å²) in [7, 11) is 0. The van der Waals surface area contributed by atoms with Gasteiger partial charge in [-0.05, 0) is 13.3 Å². The lowest BCUT2D eigenvalue weighted by Crippen LogP contribution is -2.42. The summed E-state index contributed by atoms with van der Waals surface area (Å²) in [6, 6.07) is 1.18. The van der Waals surface area contributed by atoms with E-state index in [9.17, 15) is 4.79 Å². The Morgan fingerprint density at radius 1 is 1.55 bits per heavy atom.